The molecule has 4 nitrogen and oxygen atoms in total. The van der Waals surface area contributed by atoms with E-state index in [1.807, 2.05) is 0 Å². The summed E-state index contributed by atoms with van der Waals surface area (Å²) < 4.78 is 7.16. The molecule has 0 spiro atoms. The van der Waals surface area contributed by atoms with E-state index in [4.69, 9.17) is 4.74 Å². The fourth-order valence-electron chi connectivity index (χ4n) is 13.9. The van der Waals surface area contributed by atoms with Crippen molar-refractivity contribution in [3.8, 4) is 11.5 Å². The fraction of sp³-hybridized carbons (Fsp3) is 0.0526. The van der Waals surface area contributed by atoms with E-state index < -0.39 is 0 Å². The first-order valence-corrected chi connectivity index (χ1v) is 23.2. The predicted octanol–water partition coefficient (Wildman–Crippen LogP) is 5.07. The number of para-hydroxylation sites is 6. The van der Waals surface area contributed by atoms with Crippen LogP contribution >= 0.6 is 0 Å². The lowest BCUT2D eigenvalue weighted by Crippen LogP contribution is -2.74. The summed E-state index contributed by atoms with van der Waals surface area (Å²) in [6.45, 7) is 6.88. The van der Waals surface area contributed by atoms with Crippen LogP contribution in [0.4, 0.5) is 51.2 Å². The Kier molecular flexibility index (Phi) is 6.42. The molecule has 0 radical (unpaired) electrons. The molecule has 0 amide bonds. The number of anilines is 9. The molecule has 9 aromatic rings. The van der Waals surface area contributed by atoms with Gasteiger partial charge in [0.05, 0.1) is 0 Å². The van der Waals surface area contributed by atoms with E-state index in [1.54, 1.807) is 0 Å². The Morgan fingerprint density at radius 1 is 0.308 bits per heavy atom. The van der Waals surface area contributed by atoms with Crippen molar-refractivity contribution >= 4 is 144 Å². The highest BCUT2D eigenvalue weighted by atomic mass is 16.5. The Bertz CT molecular complexity index is 3670. The Labute approximate surface area is 380 Å². The molecule has 7 aliphatic heterocycles. The van der Waals surface area contributed by atoms with Crippen LogP contribution in [0.25, 0.3) is 0 Å². The first kappa shape index (κ1) is 34.9. The number of rotatable bonds is 1. The van der Waals surface area contributed by atoms with Gasteiger partial charge in [-0.1, -0.05) is 143 Å². The second-order valence-electron chi connectivity index (χ2n) is 19.2. The fourth-order valence-corrected chi connectivity index (χ4v) is 13.9. The normalized spacial score (nSPS) is 14.9. The Morgan fingerprint density at radius 2 is 0.662 bits per heavy atom. The van der Waals surface area contributed by atoms with Crippen LogP contribution in [0.3, 0.4) is 0 Å². The molecule has 0 saturated carbocycles. The Hall–Kier alpha value is -7.56. The van der Waals surface area contributed by atoms with Crippen molar-refractivity contribution in [2.45, 2.75) is 20.8 Å². The van der Waals surface area contributed by atoms with Crippen molar-refractivity contribution in [3.63, 3.8) is 0 Å². The molecule has 8 heteroatoms. The summed E-state index contributed by atoms with van der Waals surface area (Å²) in [6.07, 6.45) is 0. The summed E-state index contributed by atoms with van der Waals surface area (Å²) in [5, 5.41) is 0. The van der Waals surface area contributed by atoms with Crippen molar-refractivity contribution in [1.29, 1.82) is 0 Å². The maximum absolute atomic E-state index is 7.16. The number of hydrogen-bond donors (Lipinski definition) is 0. The van der Waals surface area contributed by atoms with Crippen LogP contribution in [0, 0.1) is 20.8 Å². The second kappa shape index (κ2) is 12.0. The second-order valence-corrected chi connectivity index (χ2v) is 19.2. The third-order valence-electron chi connectivity index (χ3n) is 16.0. The van der Waals surface area contributed by atoms with E-state index in [9.17, 15) is 0 Å². The van der Waals surface area contributed by atoms with Gasteiger partial charge in [0.2, 0.25) is 0 Å². The molecule has 298 valence electrons. The van der Waals surface area contributed by atoms with Crippen LogP contribution in [0.2, 0.25) is 0 Å². The number of aryl methyl sites for hydroxylation is 3. The lowest BCUT2D eigenvalue weighted by molar-refractivity contribution is 0.488. The molecule has 65 heavy (non-hydrogen) atoms. The molecule has 0 fully saturated rings. The van der Waals surface area contributed by atoms with E-state index >= 15 is 0 Å². The number of hydrogen-bond acceptors (Lipinski definition) is 4. The molecule has 9 aromatic carbocycles. The number of nitrogens with zero attached hydrogens (tertiary/aromatic N) is 3. The third kappa shape index (κ3) is 4.08. The van der Waals surface area contributed by atoms with Gasteiger partial charge in [-0.2, -0.15) is 0 Å². The quantitative estimate of drug-likeness (QED) is 0.216. The molecule has 7 aliphatic rings. The van der Waals surface area contributed by atoms with Crippen LogP contribution in [0.5, 0.6) is 11.5 Å². The predicted molar refractivity (Wildman–Crippen MR) is 276 cm³/mol. The molecule has 0 bridgehead atoms. The Balaban J connectivity index is 1.09. The highest BCUT2D eigenvalue weighted by Gasteiger charge is 2.57. The Morgan fingerprint density at radius 3 is 1.11 bits per heavy atom. The van der Waals surface area contributed by atoms with E-state index in [1.165, 1.54) is 133 Å². The highest BCUT2D eigenvalue weighted by molar-refractivity contribution is 7.09. The lowest BCUT2D eigenvalue weighted by Gasteiger charge is -2.55. The zero-order valence-electron chi connectivity index (χ0n) is 36.2. The first-order valence-electron chi connectivity index (χ1n) is 23.2. The highest BCUT2D eigenvalue weighted by Crippen LogP contribution is 2.51. The van der Waals surface area contributed by atoms with Crippen molar-refractivity contribution in [2.75, 3.05) is 14.7 Å². The van der Waals surface area contributed by atoms with Crippen molar-refractivity contribution < 1.29 is 4.74 Å². The minimum Gasteiger partial charge on any atom is -0.458 e. The summed E-state index contributed by atoms with van der Waals surface area (Å²) in [5.41, 5.74) is 31.6. The van der Waals surface area contributed by atoms with Gasteiger partial charge in [0.25, 0.3) is 26.9 Å². The first-order chi connectivity index (χ1) is 32.0. The van der Waals surface area contributed by atoms with Gasteiger partial charge < -0.3 is 19.4 Å². The minimum atomic E-state index is -0.0350. The summed E-state index contributed by atoms with van der Waals surface area (Å²) in [7, 11) is 0. The maximum atomic E-state index is 7.16. The van der Waals surface area contributed by atoms with Crippen LogP contribution < -0.4 is 85.0 Å². The smallest absolute Gasteiger partial charge is 0.252 e. The zero-order valence-corrected chi connectivity index (χ0v) is 36.2. The van der Waals surface area contributed by atoms with Crippen LogP contribution in [0.1, 0.15) is 16.7 Å². The van der Waals surface area contributed by atoms with Crippen molar-refractivity contribution in [2.24, 2.45) is 0 Å². The number of fused-ring (bicyclic) bond motifs is 20. The summed E-state index contributed by atoms with van der Waals surface area (Å²) in [6, 6.07) is 64.7. The molecular formula is C57H37B4N3O. The van der Waals surface area contributed by atoms with Crippen LogP contribution in [-0.4, -0.2) is 26.9 Å². The van der Waals surface area contributed by atoms with Gasteiger partial charge in [-0.05, 0) is 129 Å². The van der Waals surface area contributed by atoms with Gasteiger partial charge >= 0.3 is 0 Å². The summed E-state index contributed by atoms with van der Waals surface area (Å²) in [4.78, 5) is 7.99. The molecule has 0 saturated heterocycles. The van der Waals surface area contributed by atoms with Gasteiger partial charge in [0, 0.05) is 51.2 Å². The van der Waals surface area contributed by atoms with E-state index in [0.29, 0.717) is 0 Å². The van der Waals surface area contributed by atoms with Gasteiger partial charge in [-0.3, -0.25) is 0 Å². The number of ether oxygens (including phenoxy) is 1. The number of benzene rings is 9. The molecule has 16 rings (SSSR count). The average Bonchev–Trinajstić information content (AvgIpc) is 3.34. The van der Waals surface area contributed by atoms with Crippen molar-refractivity contribution in [1.82, 2.24) is 0 Å². The van der Waals surface area contributed by atoms with Gasteiger partial charge in [-0.15, -0.1) is 0 Å². The molecule has 0 aromatic heterocycles. The molecule has 0 N–H and O–H groups in total. The SMILES string of the molecule is Cc1cc(C)c(B2c3ccccc3Oc3cc4c(cc32)N2c3ccccc3B3c5ccccc5N5c6ccccc6B6c7ccccc7N7c8ccccc8B4c4c7c6c5c3c42)c(C)c1. The monoisotopic (exact) mass is 823 g/mol. The van der Waals surface area contributed by atoms with E-state index in [2.05, 4.69) is 205 Å². The molecule has 0 unspecified atom stereocenters. The standard InChI is InChI=1S/C57H37B4N3O/c1-32-28-33(2)51(34(3)29-32)61-40-21-9-15-27-49(40)65-50-31-41-48(30-42(50)61)64-47-26-14-7-19-38(47)59-37-18-6-11-23-44(37)62-43-22-10-4-16-35(43)58-36-17-5-12-24-45(36)63-46-25-13-8-20-39(46)60(41)54-56(63)52(58)55(62)53(59)57(54)64/h4-31H,1-3H3. The molecule has 7 heterocycles. The van der Waals surface area contributed by atoms with Crippen molar-refractivity contribution in [3.05, 3.63) is 187 Å². The molecular weight excluding hydrogens is 786 g/mol. The molecule has 0 aliphatic carbocycles. The zero-order chi connectivity index (χ0) is 42.6. The third-order valence-corrected chi connectivity index (χ3v) is 16.0. The minimum absolute atomic E-state index is 0.00309. The molecule has 0 atom stereocenters. The summed E-state index contributed by atoms with van der Waals surface area (Å²) >= 11 is 0. The van der Waals surface area contributed by atoms with E-state index in [0.717, 1.165) is 11.5 Å². The van der Waals surface area contributed by atoms with E-state index in [-0.39, 0.29) is 26.9 Å². The average molecular weight is 823 g/mol. The topological polar surface area (TPSA) is 19.0 Å². The van der Waals surface area contributed by atoms with Crippen LogP contribution in [-0.2, 0) is 0 Å². The lowest BCUT2D eigenvalue weighted by atomic mass is 9.24. The maximum Gasteiger partial charge on any atom is 0.252 e. The van der Waals surface area contributed by atoms with Gasteiger partial charge in [-0.25, -0.2) is 0 Å². The summed E-state index contributed by atoms with van der Waals surface area (Å²) in [5.74, 6) is 1.89. The van der Waals surface area contributed by atoms with Crippen LogP contribution in [0.15, 0.2) is 170 Å². The van der Waals surface area contributed by atoms with Gasteiger partial charge in [0.1, 0.15) is 11.5 Å². The van der Waals surface area contributed by atoms with Gasteiger partial charge in [0.15, 0.2) is 0 Å². The largest absolute Gasteiger partial charge is 0.458 e.